The third kappa shape index (κ3) is 4.55. The molecule has 0 saturated carbocycles. The predicted octanol–water partition coefficient (Wildman–Crippen LogP) is 6.22. The highest BCUT2D eigenvalue weighted by molar-refractivity contribution is 7.99. The summed E-state index contributed by atoms with van der Waals surface area (Å²) in [7, 11) is 0. The lowest BCUT2D eigenvalue weighted by molar-refractivity contribution is 0.470. The number of rotatable bonds is 2. The Bertz CT molecular complexity index is 292. The van der Waals surface area contributed by atoms with E-state index in [-0.39, 0.29) is 0 Å². The first-order chi connectivity index (χ1) is 9.33. The predicted molar refractivity (Wildman–Crippen MR) is 88.8 cm³/mol. The van der Waals surface area contributed by atoms with Crippen LogP contribution in [0.1, 0.15) is 78.1 Å². The standard InChI is InChI=1S/C18H32S/c1-3-9-16-11-8-6-4-5-7-10-15(2)17-12-13-19-14-18(16)17/h15-16H,3-14H2,1-2H3. The van der Waals surface area contributed by atoms with Gasteiger partial charge in [-0.3, -0.25) is 0 Å². The van der Waals surface area contributed by atoms with Crippen LogP contribution in [0.15, 0.2) is 11.1 Å². The van der Waals surface area contributed by atoms with Crippen LogP contribution in [0, 0.1) is 11.8 Å². The SMILES string of the molecule is CCCC1CCCCCCCC(C)C2=C1CSCC2. The molecule has 0 bridgehead atoms. The fraction of sp³-hybridized carbons (Fsp3) is 0.889. The van der Waals surface area contributed by atoms with Crippen LogP contribution >= 0.6 is 11.8 Å². The zero-order chi connectivity index (χ0) is 13.5. The van der Waals surface area contributed by atoms with Crippen LogP contribution in [-0.4, -0.2) is 11.5 Å². The quantitative estimate of drug-likeness (QED) is 0.541. The van der Waals surface area contributed by atoms with Gasteiger partial charge in [0.25, 0.3) is 0 Å². The Morgan fingerprint density at radius 3 is 2.53 bits per heavy atom. The van der Waals surface area contributed by atoms with Gasteiger partial charge in [-0.25, -0.2) is 0 Å². The Morgan fingerprint density at radius 2 is 1.74 bits per heavy atom. The summed E-state index contributed by atoms with van der Waals surface area (Å²) in [4.78, 5) is 0. The van der Waals surface area contributed by atoms with Crippen molar-refractivity contribution in [2.24, 2.45) is 11.8 Å². The van der Waals surface area contributed by atoms with E-state index >= 15 is 0 Å². The molecule has 110 valence electrons. The van der Waals surface area contributed by atoms with Crippen molar-refractivity contribution in [2.75, 3.05) is 11.5 Å². The average Bonchev–Trinajstić information content (AvgIpc) is 2.47. The maximum Gasteiger partial charge on any atom is 0.0148 e. The second-order valence-electron chi connectivity index (χ2n) is 6.58. The molecule has 0 aromatic carbocycles. The molecule has 0 fully saturated rings. The highest BCUT2D eigenvalue weighted by atomic mass is 32.2. The molecular formula is C18H32S. The van der Waals surface area contributed by atoms with E-state index in [1.165, 1.54) is 75.7 Å². The van der Waals surface area contributed by atoms with Gasteiger partial charge in [-0.05, 0) is 43.3 Å². The molecular weight excluding hydrogens is 248 g/mol. The van der Waals surface area contributed by atoms with Crippen LogP contribution in [-0.2, 0) is 0 Å². The van der Waals surface area contributed by atoms with Gasteiger partial charge in [0.15, 0.2) is 0 Å². The zero-order valence-corrected chi connectivity index (χ0v) is 13.9. The molecule has 1 heteroatoms. The maximum absolute atomic E-state index is 2.51. The lowest BCUT2D eigenvalue weighted by atomic mass is 9.82. The third-order valence-electron chi connectivity index (χ3n) is 5.10. The van der Waals surface area contributed by atoms with Gasteiger partial charge in [0.2, 0.25) is 0 Å². The normalized spacial score (nSPS) is 30.6. The van der Waals surface area contributed by atoms with Crippen LogP contribution in [0.3, 0.4) is 0 Å². The molecule has 0 amide bonds. The summed E-state index contributed by atoms with van der Waals surface area (Å²) >= 11 is 2.19. The van der Waals surface area contributed by atoms with E-state index < -0.39 is 0 Å². The summed E-state index contributed by atoms with van der Waals surface area (Å²) < 4.78 is 0. The zero-order valence-electron chi connectivity index (χ0n) is 13.0. The molecule has 0 saturated heterocycles. The smallest absolute Gasteiger partial charge is 0.0148 e. The first-order valence-electron chi connectivity index (χ1n) is 8.62. The van der Waals surface area contributed by atoms with E-state index in [4.69, 9.17) is 0 Å². The van der Waals surface area contributed by atoms with Crippen molar-refractivity contribution in [2.45, 2.75) is 78.1 Å². The summed E-state index contributed by atoms with van der Waals surface area (Å²) in [5.74, 6) is 4.52. The lowest BCUT2D eigenvalue weighted by Crippen LogP contribution is -2.17. The van der Waals surface area contributed by atoms with Crippen molar-refractivity contribution in [1.82, 2.24) is 0 Å². The molecule has 1 aliphatic heterocycles. The van der Waals surface area contributed by atoms with E-state index in [0.717, 1.165) is 11.8 Å². The Morgan fingerprint density at radius 1 is 1.00 bits per heavy atom. The van der Waals surface area contributed by atoms with Gasteiger partial charge in [0.1, 0.15) is 0 Å². The van der Waals surface area contributed by atoms with E-state index in [2.05, 4.69) is 25.6 Å². The maximum atomic E-state index is 2.51. The van der Waals surface area contributed by atoms with Gasteiger partial charge in [0, 0.05) is 5.75 Å². The molecule has 1 aliphatic carbocycles. The minimum atomic E-state index is 0.869. The van der Waals surface area contributed by atoms with Crippen molar-refractivity contribution >= 4 is 11.8 Å². The minimum Gasteiger partial charge on any atom is -0.157 e. The fourth-order valence-corrected chi connectivity index (χ4v) is 5.10. The fourth-order valence-electron chi connectivity index (χ4n) is 3.95. The van der Waals surface area contributed by atoms with Crippen molar-refractivity contribution in [3.8, 4) is 0 Å². The Balaban J connectivity index is 2.18. The second-order valence-corrected chi connectivity index (χ2v) is 7.69. The molecule has 0 aromatic heterocycles. The van der Waals surface area contributed by atoms with Gasteiger partial charge in [-0.15, -0.1) is 0 Å². The molecule has 0 radical (unpaired) electrons. The Hall–Kier alpha value is 0.0900. The van der Waals surface area contributed by atoms with Crippen molar-refractivity contribution in [1.29, 1.82) is 0 Å². The lowest BCUT2D eigenvalue weighted by Gasteiger charge is -2.30. The minimum absolute atomic E-state index is 0.869. The number of hydrogen-bond donors (Lipinski definition) is 0. The number of thioether (sulfide) groups is 1. The van der Waals surface area contributed by atoms with Gasteiger partial charge in [-0.2, -0.15) is 11.8 Å². The van der Waals surface area contributed by atoms with E-state index in [0.29, 0.717) is 0 Å². The van der Waals surface area contributed by atoms with Crippen molar-refractivity contribution in [3.63, 3.8) is 0 Å². The van der Waals surface area contributed by atoms with Crippen molar-refractivity contribution in [3.05, 3.63) is 11.1 Å². The Kier molecular flexibility index (Phi) is 6.84. The number of hydrogen-bond acceptors (Lipinski definition) is 1. The first kappa shape index (κ1) is 15.5. The molecule has 1 heterocycles. The molecule has 2 aliphatic rings. The molecule has 0 N–H and O–H groups in total. The highest BCUT2D eigenvalue weighted by Gasteiger charge is 2.24. The molecule has 19 heavy (non-hydrogen) atoms. The molecule has 2 atom stereocenters. The topological polar surface area (TPSA) is 0 Å². The number of allylic oxidation sites excluding steroid dienone is 1. The van der Waals surface area contributed by atoms with Crippen LogP contribution in [0.5, 0.6) is 0 Å². The average molecular weight is 281 g/mol. The van der Waals surface area contributed by atoms with Crippen molar-refractivity contribution < 1.29 is 0 Å². The molecule has 2 rings (SSSR count). The van der Waals surface area contributed by atoms with Gasteiger partial charge in [0.05, 0.1) is 0 Å². The van der Waals surface area contributed by atoms with Crippen LogP contribution in [0.4, 0.5) is 0 Å². The molecule has 0 aromatic rings. The summed E-state index contributed by atoms with van der Waals surface area (Å²) in [6, 6.07) is 0. The van der Waals surface area contributed by atoms with Crippen LogP contribution < -0.4 is 0 Å². The summed E-state index contributed by atoms with van der Waals surface area (Å²) in [5.41, 5.74) is 3.78. The van der Waals surface area contributed by atoms with Gasteiger partial charge in [-0.1, -0.05) is 63.5 Å². The van der Waals surface area contributed by atoms with Crippen LogP contribution in [0.25, 0.3) is 0 Å². The Labute approximate surface area is 124 Å². The van der Waals surface area contributed by atoms with Crippen LogP contribution in [0.2, 0.25) is 0 Å². The summed E-state index contributed by atoms with van der Waals surface area (Å²) in [6.07, 6.45) is 14.5. The third-order valence-corrected chi connectivity index (χ3v) is 6.11. The van der Waals surface area contributed by atoms with Gasteiger partial charge >= 0.3 is 0 Å². The summed E-state index contributed by atoms with van der Waals surface area (Å²) in [5, 5.41) is 0. The van der Waals surface area contributed by atoms with E-state index in [1.807, 2.05) is 11.1 Å². The molecule has 2 unspecified atom stereocenters. The second kappa shape index (κ2) is 8.39. The summed E-state index contributed by atoms with van der Waals surface area (Å²) in [6.45, 7) is 4.87. The monoisotopic (exact) mass is 280 g/mol. The first-order valence-corrected chi connectivity index (χ1v) is 9.78. The van der Waals surface area contributed by atoms with Gasteiger partial charge < -0.3 is 0 Å². The molecule has 0 spiro atoms. The highest BCUT2D eigenvalue weighted by Crippen LogP contribution is 2.38. The molecule has 0 nitrogen and oxygen atoms in total. The van der Waals surface area contributed by atoms with E-state index in [1.54, 1.807) is 0 Å². The van der Waals surface area contributed by atoms with E-state index in [9.17, 15) is 0 Å². The largest absolute Gasteiger partial charge is 0.157 e.